The van der Waals surface area contributed by atoms with Crippen LogP contribution in [0.15, 0.2) is 54.6 Å². The lowest BCUT2D eigenvalue weighted by Gasteiger charge is -2.33. The molecule has 0 spiro atoms. The van der Waals surface area contributed by atoms with Crippen LogP contribution in [0.3, 0.4) is 0 Å². The lowest BCUT2D eigenvalue weighted by molar-refractivity contribution is -0.141. The molecule has 3 amide bonds. The molecule has 0 aliphatic carbocycles. The molecule has 0 saturated carbocycles. The molecule has 1 fully saturated rings. The summed E-state index contributed by atoms with van der Waals surface area (Å²) in [6.45, 7) is 0.626. The van der Waals surface area contributed by atoms with Crippen molar-refractivity contribution in [3.8, 4) is 0 Å². The maximum Gasteiger partial charge on any atom is 0.416 e. The zero-order chi connectivity index (χ0) is 22.4. The Labute approximate surface area is 176 Å². The first-order valence-electron chi connectivity index (χ1n) is 9.45. The van der Waals surface area contributed by atoms with Gasteiger partial charge in [0, 0.05) is 12.2 Å². The largest absolute Gasteiger partial charge is 0.416 e. The van der Waals surface area contributed by atoms with Gasteiger partial charge in [-0.25, -0.2) is 0 Å². The van der Waals surface area contributed by atoms with E-state index in [9.17, 15) is 27.6 Å². The number of amides is 3. The summed E-state index contributed by atoms with van der Waals surface area (Å²) in [6, 6.07) is 13.1. The molecule has 10 heteroatoms. The number of carbonyl (C=O) groups is 3. The Morgan fingerprint density at radius 2 is 1.68 bits per heavy atom. The molecule has 1 aliphatic heterocycles. The molecule has 1 saturated heterocycles. The second kappa shape index (κ2) is 9.61. The van der Waals surface area contributed by atoms with Crippen LogP contribution in [-0.4, -0.2) is 48.9 Å². The second-order valence-electron chi connectivity index (χ2n) is 6.82. The van der Waals surface area contributed by atoms with E-state index in [1.807, 2.05) is 30.3 Å². The third-order valence-corrected chi connectivity index (χ3v) is 4.67. The highest BCUT2D eigenvalue weighted by Crippen LogP contribution is 2.29. The first kappa shape index (κ1) is 22.3. The summed E-state index contributed by atoms with van der Waals surface area (Å²) < 4.78 is 43.4. The van der Waals surface area contributed by atoms with Crippen LogP contribution < -0.4 is 10.6 Å². The fourth-order valence-electron chi connectivity index (χ4n) is 3.02. The minimum absolute atomic E-state index is 0.0263. The molecule has 1 atom stereocenters. The van der Waals surface area contributed by atoms with Gasteiger partial charge in [0.05, 0.1) is 25.3 Å². The summed E-state index contributed by atoms with van der Waals surface area (Å²) in [5.74, 6) is -2.53. The molecule has 7 nitrogen and oxygen atoms in total. The second-order valence-corrected chi connectivity index (χ2v) is 6.82. The van der Waals surface area contributed by atoms with Gasteiger partial charge < -0.3 is 20.3 Å². The predicted octanol–water partition coefficient (Wildman–Crippen LogP) is 2.36. The summed E-state index contributed by atoms with van der Waals surface area (Å²) in [4.78, 5) is 37.8. The van der Waals surface area contributed by atoms with Gasteiger partial charge in [-0.05, 0) is 29.8 Å². The highest BCUT2D eigenvalue weighted by atomic mass is 19.4. The molecule has 3 rings (SSSR count). The molecule has 2 N–H and O–H groups in total. The van der Waals surface area contributed by atoms with Gasteiger partial charge in [0.1, 0.15) is 6.10 Å². The Balaban J connectivity index is 1.48. The molecule has 164 valence electrons. The topological polar surface area (TPSA) is 87.7 Å². The van der Waals surface area contributed by atoms with E-state index in [4.69, 9.17) is 4.74 Å². The van der Waals surface area contributed by atoms with E-state index in [1.165, 1.54) is 4.90 Å². The number of hydrogen-bond donors (Lipinski definition) is 2. The van der Waals surface area contributed by atoms with Crippen LogP contribution in [0.4, 0.5) is 18.9 Å². The SMILES string of the molecule is O=C(NCC(=O)N1CCOC(c2ccccc2)C1)C(=O)Nc1ccc(C(F)(F)F)cc1. The number of carbonyl (C=O) groups excluding carboxylic acids is 3. The van der Waals surface area contributed by atoms with Crippen molar-refractivity contribution in [3.05, 3.63) is 65.7 Å². The summed E-state index contributed by atoms with van der Waals surface area (Å²) in [7, 11) is 0. The summed E-state index contributed by atoms with van der Waals surface area (Å²) in [6.07, 6.45) is -4.78. The van der Waals surface area contributed by atoms with E-state index < -0.39 is 23.6 Å². The zero-order valence-corrected chi connectivity index (χ0v) is 16.3. The maximum absolute atomic E-state index is 12.6. The van der Waals surface area contributed by atoms with Crippen molar-refractivity contribution in [2.24, 2.45) is 0 Å². The number of nitrogens with zero attached hydrogens (tertiary/aromatic N) is 1. The number of rotatable bonds is 4. The first-order valence-corrected chi connectivity index (χ1v) is 9.45. The smallest absolute Gasteiger partial charge is 0.370 e. The number of alkyl halides is 3. The lowest BCUT2D eigenvalue weighted by Crippen LogP contribution is -2.48. The van der Waals surface area contributed by atoms with Crippen LogP contribution in [0.2, 0.25) is 0 Å². The van der Waals surface area contributed by atoms with Crippen molar-refractivity contribution in [2.75, 3.05) is 31.6 Å². The van der Waals surface area contributed by atoms with E-state index in [0.29, 0.717) is 19.7 Å². The monoisotopic (exact) mass is 435 g/mol. The lowest BCUT2D eigenvalue weighted by atomic mass is 10.1. The number of halogens is 3. The van der Waals surface area contributed by atoms with Gasteiger partial charge in [0.15, 0.2) is 0 Å². The average Bonchev–Trinajstić information content (AvgIpc) is 2.77. The third kappa shape index (κ3) is 6.05. The van der Waals surface area contributed by atoms with Gasteiger partial charge in [0.25, 0.3) is 0 Å². The minimum Gasteiger partial charge on any atom is -0.370 e. The fourth-order valence-corrected chi connectivity index (χ4v) is 3.02. The van der Waals surface area contributed by atoms with E-state index in [1.54, 1.807) is 0 Å². The van der Waals surface area contributed by atoms with E-state index >= 15 is 0 Å². The Kier molecular flexibility index (Phi) is 6.91. The van der Waals surface area contributed by atoms with Gasteiger partial charge >= 0.3 is 18.0 Å². The number of ether oxygens (including phenoxy) is 1. The number of nitrogens with one attached hydrogen (secondary N) is 2. The molecule has 1 unspecified atom stereocenters. The number of morpholine rings is 1. The van der Waals surface area contributed by atoms with E-state index in [2.05, 4.69) is 10.6 Å². The molecule has 2 aromatic carbocycles. The highest BCUT2D eigenvalue weighted by molar-refractivity contribution is 6.39. The molecule has 2 aromatic rings. The molecule has 0 aromatic heterocycles. The van der Waals surface area contributed by atoms with Crippen molar-refractivity contribution in [3.63, 3.8) is 0 Å². The summed E-state index contributed by atoms with van der Waals surface area (Å²) in [5.41, 5.74) is 0.0816. The van der Waals surface area contributed by atoms with Crippen LogP contribution in [0.5, 0.6) is 0 Å². The molecule has 31 heavy (non-hydrogen) atoms. The number of hydrogen-bond acceptors (Lipinski definition) is 4. The van der Waals surface area contributed by atoms with Crippen LogP contribution >= 0.6 is 0 Å². The van der Waals surface area contributed by atoms with Crippen molar-refractivity contribution in [2.45, 2.75) is 12.3 Å². The van der Waals surface area contributed by atoms with E-state index in [0.717, 1.165) is 29.8 Å². The van der Waals surface area contributed by atoms with Gasteiger partial charge in [-0.1, -0.05) is 30.3 Å². The average molecular weight is 435 g/mol. The Bertz CT molecular complexity index is 933. The summed E-state index contributed by atoms with van der Waals surface area (Å²) >= 11 is 0. The van der Waals surface area contributed by atoms with Crippen molar-refractivity contribution in [1.29, 1.82) is 0 Å². The Morgan fingerprint density at radius 3 is 2.32 bits per heavy atom. The van der Waals surface area contributed by atoms with Crippen molar-refractivity contribution in [1.82, 2.24) is 10.2 Å². The normalized spacial score (nSPS) is 16.5. The molecule has 0 bridgehead atoms. The minimum atomic E-state index is -4.50. The van der Waals surface area contributed by atoms with Gasteiger partial charge in [-0.2, -0.15) is 13.2 Å². The Morgan fingerprint density at radius 1 is 1.00 bits per heavy atom. The molecule has 1 aliphatic rings. The van der Waals surface area contributed by atoms with Crippen molar-refractivity contribution >= 4 is 23.4 Å². The van der Waals surface area contributed by atoms with E-state index in [-0.39, 0.29) is 24.2 Å². The number of anilines is 1. The third-order valence-electron chi connectivity index (χ3n) is 4.67. The Hall–Kier alpha value is -3.40. The molecular formula is C21H20F3N3O4. The standard InChI is InChI=1S/C21H20F3N3O4/c22-21(23,24)15-6-8-16(9-7-15)26-20(30)19(29)25-12-18(28)27-10-11-31-17(13-27)14-4-2-1-3-5-14/h1-9,17H,10-13H2,(H,25,29)(H,26,30). The van der Waals surface area contributed by atoms with Crippen LogP contribution in [0, 0.1) is 0 Å². The zero-order valence-electron chi connectivity index (χ0n) is 16.3. The maximum atomic E-state index is 12.6. The van der Waals surface area contributed by atoms with Crippen molar-refractivity contribution < 1.29 is 32.3 Å². The van der Waals surface area contributed by atoms with Gasteiger partial charge in [-0.3, -0.25) is 14.4 Å². The molecule has 0 radical (unpaired) electrons. The fraction of sp³-hybridized carbons (Fsp3) is 0.286. The first-order chi connectivity index (χ1) is 14.7. The summed E-state index contributed by atoms with van der Waals surface area (Å²) in [5, 5.41) is 4.42. The quantitative estimate of drug-likeness (QED) is 0.722. The number of benzene rings is 2. The molecular weight excluding hydrogens is 415 g/mol. The predicted molar refractivity (Wildman–Crippen MR) is 105 cm³/mol. The van der Waals surface area contributed by atoms with Gasteiger partial charge in [-0.15, -0.1) is 0 Å². The van der Waals surface area contributed by atoms with Gasteiger partial charge in [0.2, 0.25) is 5.91 Å². The van der Waals surface area contributed by atoms with Crippen LogP contribution in [-0.2, 0) is 25.3 Å². The highest BCUT2D eigenvalue weighted by Gasteiger charge is 2.30. The van der Waals surface area contributed by atoms with Crippen LogP contribution in [0.25, 0.3) is 0 Å². The van der Waals surface area contributed by atoms with Crippen LogP contribution in [0.1, 0.15) is 17.2 Å². The molecule has 1 heterocycles.